The molecule has 0 radical (unpaired) electrons. The van der Waals surface area contributed by atoms with Crippen LogP contribution < -0.4 is 10.6 Å². The highest BCUT2D eigenvalue weighted by Gasteiger charge is 2.23. The Morgan fingerprint density at radius 2 is 1.88 bits per heavy atom. The zero-order valence-electron chi connectivity index (χ0n) is 16.2. The van der Waals surface area contributed by atoms with Crippen LogP contribution in [0.15, 0.2) is 4.99 Å². The summed E-state index contributed by atoms with van der Waals surface area (Å²) in [7, 11) is 0. The number of piperidine rings is 1. The first-order chi connectivity index (χ1) is 12.2. The quantitative estimate of drug-likeness (QED) is 0.357. The Bertz CT molecular complexity index is 383. The van der Waals surface area contributed by atoms with Gasteiger partial charge in [0.25, 0.3) is 0 Å². The van der Waals surface area contributed by atoms with Gasteiger partial charge in [-0.15, -0.1) is 0 Å². The first-order valence-electron chi connectivity index (χ1n) is 9.75. The van der Waals surface area contributed by atoms with Gasteiger partial charge in [0.15, 0.2) is 5.96 Å². The molecular weight excluding hydrogens is 320 g/mol. The number of aliphatic imine (C=N–C) groups is 1. The molecule has 7 heteroatoms. The van der Waals surface area contributed by atoms with Gasteiger partial charge in [0.1, 0.15) is 0 Å². The molecule has 1 saturated heterocycles. The maximum atomic E-state index is 11.7. The first-order valence-corrected chi connectivity index (χ1v) is 9.75. The lowest BCUT2D eigenvalue weighted by Gasteiger charge is -2.32. The minimum Gasteiger partial charge on any atom is -0.450 e. The molecule has 1 aliphatic heterocycles. The highest BCUT2D eigenvalue weighted by molar-refractivity contribution is 5.80. The summed E-state index contributed by atoms with van der Waals surface area (Å²) < 4.78 is 10.6. The van der Waals surface area contributed by atoms with Crippen molar-refractivity contribution in [3.8, 4) is 0 Å². The van der Waals surface area contributed by atoms with Gasteiger partial charge in [0.2, 0.25) is 0 Å². The Balaban J connectivity index is 2.28. The molecule has 0 aromatic heterocycles. The molecule has 0 bridgehead atoms. The smallest absolute Gasteiger partial charge is 0.409 e. The fraction of sp³-hybridized carbons (Fsp3) is 0.889. The van der Waals surface area contributed by atoms with Gasteiger partial charge in [-0.25, -0.2) is 4.79 Å². The maximum Gasteiger partial charge on any atom is 0.409 e. The van der Waals surface area contributed by atoms with E-state index in [0.717, 1.165) is 71.0 Å². The lowest BCUT2D eigenvalue weighted by Crippen LogP contribution is -2.49. The molecule has 2 N–H and O–H groups in total. The van der Waals surface area contributed by atoms with Crippen molar-refractivity contribution in [3.63, 3.8) is 0 Å². The van der Waals surface area contributed by atoms with E-state index in [0.29, 0.717) is 12.6 Å². The van der Waals surface area contributed by atoms with E-state index in [1.54, 1.807) is 4.90 Å². The van der Waals surface area contributed by atoms with E-state index < -0.39 is 0 Å². The number of carbonyl (C=O) groups excluding carboxylic acids is 1. The van der Waals surface area contributed by atoms with Crippen LogP contribution in [0.4, 0.5) is 4.79 Å². The Morgan fingerprint density at radius 1 is 1.16 bits per heavy atom. The van der Waals surface area contributed by atoms with Crippen LogP contribution in [0.25, 0.3) is 0 Å². The van der Waals surface area contributed by atoms with Gasteiger partial charge in [-0.2, -0.15) is 0 Å². The summed E-state index contributed by atoms with van der Waals surface area (Å²) in [6, 6.07) is 0.337. The molecule has 25 heavy (non-hydrogen) atoms. The zero-order chi connectivity index (χ0) is 18.3. The number of ether oxygens (including phenoxy) is 2. The standard InChI is InChI=1S/C18H36N4O3/c1-4-7-14-24-15-8-11-20-17(19-5-2)21-16-9-12-22(13-10-16)18(23)25-6-3/h16H,4-15H2,1-3H3,(H2,19,20,21). The van der Waals surface area contributed by atoms with E-state index in [9.17, 15) is 4.79 Å². The Labute approximate surface area is 152 Å². The molecule has 0 spiro atoms. The third-order valence-electron chi connectivity index (χ3n) is 4.06. The van der Waals surface area contributed by atoms with Crippen LogP contribution in [0, 0.1) is 0 Å². The molecule has 0 aromatic rings. The van der Waals surface area contributed by atoms with Gasteiger partial charge in [0, 0.05) is 45.4 Å². The van der Waals surface area contributed by atoms with Crippen molar-refractivity contribution in [2.75, 3.05) is 46.0 Å². The molecule has 1 heterocycles. The van der Waals surface area contributed by atoms with Crippen LogP contribution in [0.2, 0.25) is 0 Å². The molecule has 7 nitrogen and oxygen atoms in total. The number of hydrogen-bond donors (Lipinski definition) is 2. The van der Waals surface area contributed by atoms with Crippen molar-refractivity contribution in [1.29, 1.82) is 0 Å². The average molecular weight is 357 g/mol. The lowest BCUT2D eigenvalue weighted by atomic mass is 10.1. The predicted octanol–water partition coefficient (Wildman–Crippen LogP) is 2.37. The van der Waals surface area contributed by atoms with Crippen LogP contribution in [-0.4, -0.2) is 69.0 Å². The third-order valence-corrected chi connectivity index (χ3v) is 4.06. The highest BCUT2D eigenvalue weighted by Crippen LogP contribution is 2.11. The number of unbranched alkanes of at least 4 members (excludes halogenated alkanes) is 1. The molecule has 0 unspecified atom stereocenters. The van der Waals surface area contributed by atoms with E-state index in [2.05, 4.69) is 29.5 Å². The van der Waals surface area contributed by atoms with Gasteiger partial charge in [-0.1, -0.05) is 13.3 Å². The molecule has 0 aliphatic carbocycles. The predicted molar refractivity (Wildman–Crippen MR) is 101 cm³/mol. The monoisotopic (exact) mass is 356 g/mol. The van der Waals surface area contributed by atoms with E-state index >= 15 is 0 Å². The number of amides is 1. The molecule has 1 aliphatic rings. The Kier molecular flexibility index (Phi) is 11.9. The summed E-state index contributed by atoms with van der Waals surface area (Å²) in [5.74, 6) is 0.852. The van der Waals surface area contributed by atoms with Crippen LogP contribution in [0.1, 0.15) is 52.9 Å². The summed E-state index contributed by atoms with van der Waals surface area (Å²) in [4.78, 5) is 18.1. The van der Waals surface area contributed by atoms with Crippen LogP contribution >= 0.6 is 0 Å². The number of hydrogen-bond acceptors (Lipinski definition) is 4. The highest BCUT2D eigenvalue weighted by atomic mass is 16.6. The number of guanidine groups is 1. The number of rotatable bonds is 10. The van der Waals surface area contributed by atoms with Crippen molar-refractivity contribution in [2.24, 2.45) is 4.99 Å². The van der Waals surface area contributed by atoms with Gasteiger partial charge in [0.05, 0.1) is 6.61 Å². The van der Waals surface area contributed by atoms with E-state index in [4.69, 9.17) is 9.47 Å². The molecule has 1 rings (SSSR count). The van der Waals surface area contributed by atoms with Crippen molar-refractivity contribution in [1.82, 2.24) is 15.5 Å². The Hall–Kier alpha value is -1.50. The van der Waals surface area contributed by atoms with Crippen molar-refractivity contribution >= 4 is 12.1 Å². The molecule has 1 fully saturated rings. The van der Waals surface area contributed by atoms with Gasteiger partial charge in [-0.05, 0) is 39.5 Å². The van der Waals surface area contributed by atoms with E-state index in [-0.39, 0.29) is 6.09 Å². The second-order valence-electron chi connectivity index (χ2n) is 6.18. The van der Waals surface area contributed by atoms with E-state index in [1.807, 2.05) is 6.92 Å². The minimum atomic E-state index is -0.204. The van der Waals surface area contributed by atoms with Crippen molar-refractivity contribution in [2.45, 2.75) is 58.9 Å². The number of carbonyl (C=O) groups is 1. The summed E-state index contributed by atoms with van der Waals surface area (Å²) in [6.45, 7) is 11.1. The minimum absolute atomic E-state index is 0.204. The first kappa shape index (κ1) is 21.5. The fourth-order valence-electron chi connectivity index (χ4n) is 2.64. The van der Waals surface area contributed by atoms with Crippen LogP contribution in [0.5, 0.6) is 0 Å². The molecule has 1 amide bonds. The lowest BCUT2D eigenvalue weighted by molar-refractivity contribution is 0.0963. The number of likely N-dealkylation sites (tertiary alicyclic amines) is 1. The summed E-state index contributed by atoms with van der Waals surface area (Å²) in [6.07, 6.45) is 4.83. The number of nitrogens with one attached hydrogen (secondary N) is 2. The number of nitrogens with zero attached hydrogens (tertiary/aromatic N) is 2. The topological polar surface area (TPSA) is 75.2 Å². The third kappa shape index (κ3) is 9.53. The normalized spacial score (nSPS) is 16.0. The Morgan fingerprint density at radius 3 is 2.52 bits per heavy atom. The van der Waals surface area contributed by atoms with Gasteiger partial charge in [-0.3, -0.25) is 4.99 Å². The molecule has 146 valence electrons. The summed E-state index contributed by atoms with van der Waals surface area (Å²) in [5.41, 5.74) is 0. The summed E-state index contributed by atoms with van der Waals surface area (Å²) in [5, 5.41) is 6.77. The SMILES string of the molecule is CCCCOCCCN=C(NCC)NC1CCN(C(=O)OCC)CC1. The van der Waals surface area contributed by atoms with Crippen molar-refractivity contribution in [3.05, 3.63) is 0 Å². The summed E-state index contributed by atoms with van der Waals surface area (Å²) >= 11 is 0. The van der Waals surface area contributed by atoms with Crippen LogP contribution in [-0.2, 0) is 9.47 Å². The van der Waals surface area contributed by atoms with E-state index in [1.165, 1.54) is 6.42 Å². The average Bonchev–Trinajstić information content (AvgIpc) is 2.62. The van der Waals surface area contributed by atoms with Gasteiger partial charge >= 0.3 is 6.09 Å². The zero-order valence-corrected chi connectivity index (χ0v) is 16.2. The fourth-order valence-corrected chi connectivity index (χ4v) is 2.64. The second kappa shape index (κ2) is 13.8. The van der Waals surface area contributed by atoms with Crippen LogP contribution in [0.3, 0.4) is 0 Å². The largest absolute Gasteiger partial charge is 0.450 e. The molecule has 0 atom stereocenters. The molecule has 0 aromatic carbocycles. The second-order valence-corrected chi connectivity index (χ2v) is 6.18. The molecular formula is C18H36N4O3. The van der Waals surface area contributed by atoms with Crippen molar-refractivity contribution < 1.29 is 14.3 Å². The van der Waals surface area contributed by atoms with Gasteiger partial charge < -0.3 is 25.0 Å². The maximum absolute atomic E-state index is 11.7. The molecule has 0 saturated carbocycles.